The van der Waals surface area contributed by atoms with Crippen LogP contribution < -0.4 is 5.73 Å². The molecule has 0 amide bonds. The lowest BCUT2D eigenvalue weighted by atomic mass is 9.73. The van der Waals surface area contributed by atoms with Gasteiger partial charge in [0.05, 0.1) is 6.04 Å². The molecule has 0 aromatic heterocycles. The summed E-state index contributed by atoms with van der Waals surface area (Å²) in [6.45, 7) is 0. The number of ether oxygens (including phenoxy) is 1. The fraction of sp³-hybridized carbons (Fsp3) is 0.471. The van der Waals surface area contributed by atoms with Gasteiger partial charge in [0.15, 0.2) is 11.6 Å². The van der Waals surface area contributed by atoms with Crippen molar-refractivity contribution in [1.29, 1.82) is 0 Å². The number of rotatable bonds is 5. The monoisotopic (exact) mass is 350 g/mol. The predicted molar refractivity (Wildman–Crippen MR) is 89.1 cm³/mol. The Balaban J connectivity index is 2.01. The van der Waals surface area contributed by atoms with Gasteiger partial charge in [0.1, 0.15) is 0 Å². The zero-order chi connectivity index (χ0) is 17.3. The minimum Gasteiger partial charge on any atom is -0.481 e. The highest BCUT2D eigenvalue weighted by Crippen LogP contribution is 2.44. The minimum absolute atomic E-state index is 0.0821. The molecule has 3 atom stereocenters. The molecule has 1 aliphatic heterocycles. The molecule has 3 N–H and O–H groups in total. The van der Waals surface area contributed by atoms with Gasteiger partial charge in [-0.1, -0.05) is 29.8 Å². The summed E-state index contributed by atoms with van der Waals surface area (Å²) in [7, 11) is 0. The maximum absolute atomic E-state index is 12.9. The topological polar surface area (TPSA) is 102 Å². The Kier molecular flexibility index (Phi) is 4.60. The van der Waals surface area contributed by atoms with E-state index in [1.54, 1.807) is 18.2 Å². The van der Waals surface area contributed by atoms with Crippen LogP contribution in [0, 0.1) is 0 Å². The van der Waals surface area contributed by atoms with Gasteiger partial charge in [0.25, 0.3) is 0 Å². The number of carboxylic acid groups (broad SMARTS) is 1. The highest BCUT2D eigenvalue weighted by atomic mass is 35.5. The fourth-order valence-electron chi connectivity index (χ4n) is 3.34. The maximum Gasteiger partial charge on any atom is 0.303 e. The molecule has 1 fully saturated rings. The van der Waals surface area contributed by atoms with Crippen molar-refractivity contribution in [2.75, 3.05) is 0 Å². The van der Waals surface area contributed by atoms with Gasteiger partial charge in [0, 0.05) is 17.0 Å². The van der Waals surface area contributed by atoms with Gasteiger partial charge in [0.2, 0.25) is 11.7 Å². The summed E-state index contributed by atoms with van der Waals surface area (Å²) in [6, 6.07) is 6.50. The number of carboxylic acids is 1. The van der Waals surface area contributed by atoms with Crippen molar-refractivity contribution in [3.05, 3.63) is 34.9 Å². The van der Waals surface area contributed by atoms with E-state index in [2.05, 4.69) is 4.99 Å². The van der Waals surface area contributed by atoms with E-state index in [1.807, 2.05) is 6.07 Å². The van der Waals surface area contributed by atoms with E-state index in [0.717, 1.165) is 6.42 Å². The molecule has 24 heavy (non-hydrogen) atoms. The average Bonchev–Trinajstić information content (AvgIpc) is 2.53. The quantitative estimate of drug-likeness (QED) is 0.848. The molecule has 128 valence electrons. The molecule has 1 aromatic rings. The Hall–Kier alpha value is -1.92. The van der Waals surface area contributed by atoms with Crippen molar-refractivity contribution in [2.24, 2.45) is 10.7 Å². The molecule has 3 unspecified atom stereocenters. The number of Topliss-reactive ketones (excluding diaryl/α,β-unsaturated/α-hetero) is 1. The van der Waals surface area contributed by atoms with E-state index in [-0.39, 0.29) is 24.5 Å². The molecule has 3 rings (SSSR count). The average molecular weight is 351 g/mol. The fourth-order valence-corrected chi connectivity index (χ4v) is 3.64. The number of fused-ring (bicyclic) bond motifs is 2. The zero-order valence-electron chi connectivity index (χ0n) is 13.1. The largest absolute Gasteiger partial charge is 0.481 e. The minimum atomic E-state index is -1.07. The number of hydrogen-bond acceptors (Lipinski definition) is 5. The zero-order valence-corrected chi connectivity index (χ0v) is 13.8. The molecule has 1 aliphatic carbocycles. The first-order chi connectivity index (χ1) is 11.4. The summed E-state index contributed by atoms with van der Waals surface area (Å²) < 4.78 is 5.69. The number of aliphatic imine (C=N–C) groups is 1. The van der Waals surface area contributed by atoms with E-state index in [0.29, 0.717) is 23.4 Å². The summed E-state index contributed by atoms with van der Waals surface area (Å²) >= 11 is 6.32. The molecule has 1 heterocycles. The second-order valence-electron chi connectivity index (χ2n) is 6.19. The van der Waals surface area contributed by atoms with Crippen molar-refractivity contribution in [1.82, 2.24) is 0 Å². The lowest BCUT2D eigenvalue weighted by molar-refractivity contribution is -0.138. The Morgan fingerprint density at radius 3 is 2.96 bits per heavy atom. The maximum atomic E-state index is 12.9. The molecule has 2 aliphatic rings. The van der Waals surface area contributed by atoms with Crippen LogP contribution >= 0.6 is 11.6 Å². The highest BCUT2D eigenvalue weighted by molar-refractivity contribution is 6.32. The van der Waals surface area contributed by atoms with Crippen LogP contribution in [0.25, 0.3) is 0 Å². The summed E-state index contributed by atoms with van der Waals surface area (Å²) in [6.07, 6.45) is 1.47. The van der Waals surface area contributed by atoms with E-state index >= 15 is 0 Å². The Morgan fingerprint density at radius 2 is 2.25 bits per heavy atom. The first kappa shape index (κ1) is 16.9. The number of aliphatic carboxylic acids is 1. The standard InChI is InChI=1S/C17H19ClN2O4/c18-11-5-2-1-4-10(11)17-9-3-6-13(15(17)23)24-16(20-17)12(19)7-8-14(21)22/h1-2,4-5,12-13H,3,6-9,19H2,(H,21,22). The van der Waals surface area contributed by atoms with Crippen molar-refractivity contribution >= 4 is 29.3 Å². The first-order valence-corrected chi connectivity index (χ1v) is 8.35. The first-order valence-electron chi connectivity index (χ1n) is 7.97. The van der Waals surface area contributed by atoms with Crippen LogP contribution in [0.3, 0.4) is 0 Å². The summed E-state index contributed by atoms with van der Waals surface area (Å²) in [4.78, 5) is 28.2. The highest BCUT2D eigenvalue weighted by Gasteiger charge is 2.52. The molecule has 2 bridgehead atoms. The van der Waals surface area contributed by atoms with Crippen molar-refractivity contribution in [2.45, 2.75) is 49.8 Å². The van der Waals surface area contributed by atoms with Crippen molar-refractivity contribution in [3.8, 4) is 0 Å². The molecule has 0 saturated heterocycles. The number of hydrogen-bond donors (Lipinski definition) is 2. The molecular formula is C17H19ClN2O4. The van der Waals surface area contributed by atoms with Gasteiger partial charge in [-0.15, -0.1) is 0 Å². The van der Waals surface area contributed by atoms with Crippen LogP contribution in [0.1, 0.15) is 37.7 Å². The summed E-state index contributed by atoms with van der Waals surface area (Å²) in [5.74, 6) is -0.782. The van der Waals surface area contributed by atoms with E-state index < -0.39 is 23.7 Å². The number of ketones is 1. The number of halogens is 1. The third-order valence-electron chi connectivity index (χ3n) is 4.57. The van der Waals surface area contributed by atoms with Crippen molar-refractivity contribution < 1.29 is 19.4 Å². The summed E-state index contributed by atoms with van der Waals surface area (Å²) in [5.41, 5.74) is 5.64. The van der Waals surface area contributed by atoms with Gasteiger partial charge in [-0.05, 0) is 31.7 Å². The third-order valence-corrected chi connectivity index (χ3v) is 4.90. The molecular weight excluding hydrogens is 332 g/mol. The van der Waals surface area contributed by atoms with Crippen LogP contribution in [0.2, 0.25) is 5.02 Å². The molecule has 0 radical (unpaired) electrons. The smallest absolute Gasteiger partial charge is 0.303 e. The van der Waals surface area contributed by atoms with Gasteiger partial charge >= 0.3 is 5.97 Å². The molecule has 0 spiro atoms. The number of carbonyl (C=O) groups excluding carboxylic acids is 1. The lowest BCUT2D eigenvalue weighted by Gasteiger charge is -2.42. The van der Waals surface area contributed by atoms with Crippen LogP contribution in [-0.2, 0) is 19.9 Å². The van der Waals surface area contributed by atoms with Crippen LogP contribution in [-0.4, -0.2) is 34.9 Å². The SMILES string of the molecule is NC(CCC(=O)O)C1=NC2(c3ccccc3Cl)CCCC(O1)C2=O. The number of nitrogens with two attached hydrogens (primary N) is 1. The summed E-state index contributed by atoms with van der Waals surface area (Å²) in [5, 5.41) is 9.30. The van der Waals surface area contributed by atoms with Crippen LogP contribution in [0.5, 0.6) is 0 Å². The van der Waals surface area contributed by atoms with Crippen molar-refractivity contribution in [3.63, 3.8) is 0 Å². The molecule has 1 saturated carbocycles. The third kappa shape index (κ3) is 2.91. The Morgan fingerprint density at radius 1 is 1.50 bits per heavy atom. The molecule has 6 nitrogen and oxygen atoms in total. The van der Waals surface area contributed by atoms with Crippen LogP contribution in [0.15, 0.2) is 29.3 Å². The Labute approximate surface area is 144 Å². The van der Waals surface area contributed by atoms with Gasteiger partial charge in [-0.25, -0.2) is 4.99 Å². The predicted octanol–water partition coefficient (Wildman–Crippen LogP) is 2.28. The van der Waals surface area contributed by atoms with E-state index in [1.165, 1.54) is 0 Å². The Bertz CT molecular complexity index is 706. The second-order valence-corrected chi connectivity index (χ2v) is 6.60. The van der Waals surface area contributed by atoms with Crippen LogP contribution in [0.4, 0.5) is 0 Å². The second kappa shape index (κ2) is 6.53. The van der Waals surface area contributed by atoms with Gasteiger partial charge in [-0.2, -0.15) is 0 Å². The molecule has 7 heteroatoms. The number of benzene rings is 1. The number of nitrogens with zero attached hydrogens (tertiary/aromatic N) is 1. The van der Waals surface area contributed by atoms with Gasteiger partial charge in [-0.3, -0.25) is 9.59 Å². The lowest BCUT2D eigenvalue weighted by Crippen LogP contribution is -2.54. The molecule has 1 aromatic carbocycles. The van der Waals surface area contributed by atoms with Gasteiger partial charge < -0.3 is 15.6 Å². The van der Waals surface area contributed by atoms with E-state index in [4.69, 9.17) is 27.2 Å². The normalized spacial score (nSPS) is 27.2. The van der Waals surface area contributed by atoms with E-state index in [9.17, 15) is 9.59 Å². The number of carbonyl (C=O) groups is 2.